The van der Waals surface area contributed by atoms with Crippen LogP contribution in [0.2, 0.25) is 0 Å². The number of carbonyl (C=O) groups excluding carboxylic acids is 2. The highest BCUT2D eigenvalue weighted by atomic mass is 31.1. The summed E-state index contributed by atoms with van der Waals surface area (Å²) in [5, 5.41) is 42.1. The molecule has 4 aliphatic rings. The topological polar surface area (TPSA) is 176 Å². The summed E-state index contributed by atoms with van der Waals surface area (Å²) in [6.45, 7) is -0.186. The van der Waals surface area contributed by atoms with Crippen molar-refractivity contribution in [1.82, 2.24) is 10.6 Å². The van der Waals surface area contributed by atoms with E-state index >= 15 is 0 Å². The number of hydrogen-bond acceptors (Lipinski definition) is 12. The number of carbonyl (C=O) groups is 2. The number of unbranched alkanes of at least 4 members (excludes halogenated alkanes) is 3. The number of ether oxygens (including phenoxy) is 2. The number of fused-ring (bicyclic) bond motifs is 1. The maximum absolute atomic E-state index is 12.9. The van der Waals surface area contributed by atoms with Gasteiger partial charge in [-0.1, -0.05) is 38.5 Å². The van der Waals surface area contributed by atoms with E-state index in [1.165, 1.54) is 0 Å². The van der Waals surface area contributed by atoms with Crippen LogP contribution in [0.5, 0.6) is 0 Å². The van der Waals surface area contributed by atoms with E-state index < -0.39 is 54.7 Å². The van der Waals surface area contributed by atoms with Crippen molar-refractivity contribution in [2.75, 3.05) is 13.2 Å². The molecule has 0 amide bonds. The van der Waals surface area contributed by atoms with Gasteiger partial charge in [-0.2, -0.15) is 0 Å². The molecule has 0 aromatic heterocycles. The molecule has 212 valence electrons. The summed E-state index contributed by atoms with van der Waals surface area (Å²) in [6, 6.07) is 0.151. The Bertz CT molecular complexity index is 768. The maximum atomic E-state index is 12.9. The van der Waals surface area contributed by atoms with E-state index in [-0.39, 0.29) is 27.0 Å². The first-order valence-electron chi connectivity index (χ1n) is 13.5. The largest absolute Gasteiger partial charge is 0.431 e. The molecule has 1 spiro atoms. The fourth-order valence-corrected chi connectivity index (χ4v) is 6.60. The number of aliphatic hydroxyl groups is 4. The van der Waals surface area contributed by atoms with Crippen LogP contribution >= 0.6 is 8.96 Å². The van der Waals surface area contributed by atoms with Gasteiger partial charge in [0, 0.05) is 12.6 Å². The Balaban J connectivity index is 1.12. The van der Waals surface area contributed by atoms with Crippen molar-refractivity contribution in [2.24, 2.45) is 11.3 Å². The van der Waals surface area contributed by atoms with Gasteiger partial charge in [-0.05, 0) is 38.0 Å². The number of hydrogen-bond donors (Lipinski definition) is 6. The van der Waals surface area contributed by atoms with E-state index in [1.54, 1.807) is 0 Å². The fraction of sp³-hybridized carbons (Fsp3) is 0.917. The molecule has 2 unspecified atom stereocenters. The number of aliphatic hydroxyl groups excluding tert-OH is 4. The van der Waals surface area contributed by atoms with Crippen molar-refractivity contribution < 1.29 is 48.9 Å². The van der Waals surface area contributed by atoms with Crippen LogP contribution in [0.4, 0.5) is 0 Å². The molecule has 8 atom stereocenters. The van der Waals surface area contributed by atoms with Crippen molar-refractivity contribution >= 4 is 20.9 Å². The Morgan fingerprint density at radius 3 is 2.43 bits per heavy atom. The minimum absolute atomic E-state index is 0.0274. The lowest BCUT2D eigenvalue weighted by Crippen LogP contribution is -2.59. The van der Waals surface area contributed by atoms with Gasteiger partial charge in [0.25, 0.3) is 0 Å². The van der Waals surface area contributed by atoms with Gasteiger partial charge in [0.15, 0.2) is 20.7 Å². The van der Waals surface area contributed by atoms with Crippen LogP contribution in [0.1, 0.15) is 70.6 Å². The minimum atomic E-state index is -1.44. The lowest BCUT2D eigenvalue weighted by molar-refractivity contribution is -0.301. The minimum Gasteiger partial charge on any atom is -0.431 e. The first-order chi connectivity index (χ1) is 17.9. The monoisotopic (exact) mass is 548 g/mol. The van der Waals surface area contributed by atoms with E-state index in [0.717, 1.165) is 51.4 Å². The molecule has 2 saturated carbocycles. The molecule has 12 nitrogen and oxygen atoms in total. The molecule has 2 heterocycles. The van der Waals surface area contributed by atoms with E-state index in [0.29, 0.717) is 25.9 Å². The summed E-state index contributed by atoms with van der Waals surface area (Å²) in [5.74, 6) is -0.775. The molecular weight excluding hydrogens is 507 g/mol. The summed E-state index contributed by atoms with van der Waals surface area (Å²) in [5.41, 5.74) is 1.70. The maximum Gasteiger partial charge on any atom is 0.342 e. The van der Waals surface area contributed by atoms with Crippen LogP contribution in [-0.4, -0.2) is 88.4 Å². The molecule has 2 saturated heterocycles. The van der Waals surface area contributed by atoms with Gasteiger partial charge in [-0.25, -0.2) is 4.79 Å². The van der Waals surface area contributed by atoms with Crippen molar-refractivity contribution in [2.45, 2.75) is 113 Å². The van der Waals surface area contributed by atoms with Crippen LogP contribution in [0.3, 0.4) is 0 Å². The standard InChI is InChI=1S/C24H41N2O10P/c27-13-17-18(28)19(29)20(30)21(34-17)33-10-6-2-1-3-7-14-11-24(12-14)22(31)35-25-15-8-4-5-9-16(15)26-37-36-23(24)32/h14-21,25-30,37H,1-13H2/t14?,15-,16-,17-,18-,19+,20-,21?,24?/m1/s1. The Morgan fingerprint density at radius 1 is 0.946 bits per heavy atom. The lowest BCUT2D eigenvalue weighted by Gasteiger charge is -2.44. The van der Waals surface area contributed by atoms with Gasteiger partial charge in [0.1, 0.15) is 24.4 Å². The highest BCUT2D eigenvalue weighted by molar-refractivity contribution is 7.30. The average molecular weight is 549 g/mol. The van der Waals surface area contributed by atoms with Gasteiger partial charge in [-0.15, -0.1) is 5.48 Å². The van der Waals surface area contributed by atoms with Gasteiger partial charge in [-0.3, -0.25) is 9.88 Å². The molecule has 13 heteroatoms. The highest BCUT2D eigenvalue weighted by Crippen LogP contribution is 2.50. The van der Waals surface area contributed by atoms with E-state index in [2.05, 4.69) is 10.6 Å². The smallest absolute Gasteiger partial charge is 0.342 e. The van der Waals surface area contributed by atoms with Crippen LogP contribution < -0.4 is 10.6 Å². The van der Waals surface area contributed by atoms with Crippen molar-refractivity contribution in [3.05, 3.63) is 0 Å². The molecule has 4 rings (SSSR count). The Kier molecular flexibility index (Phi) is 10.5. The summed E-state index contributed by atoms with van der Waals surface area (Å²) >= 11 is 0. The summed E-state index contributed by atoms with van der Waals surface area (Å²) in [6.07, 6.45) is 2.94. The zero-order valence-electron chi connectivity index (χ0n) is 21.0. The van der Waals surface area contributed by atoms with Gasteiger partial charge in [0.2, 0.25) is 0 Å². The number of hydroxylamine groups is 1. The first-order valence-corrected chi connectivity index (χ1v) is 14.4. The van der Waals surface area contributed by atoms with Crippen molar-refractivity contribution in [3.8, 4) is 0 Å². The Hall–Kier alpha value is -0.950. The quantitative estimate of drug-likeness (QED) is 0.131. The van der Waals surface area contributed by atoms with Crippen molar-refractivity contribution in [3.63, 3.8) is 0 Å². The van der Waals surface area contributed by atoms with Gasteiger partial charge < -0.3 is 39.3 Å². The molecule has 0 aromatic carbocycles. The SMILES string of the molecule is O=C1ON[C@@H]2CCCC[C@H]2NPOC(=O)C12CC(CCCCCCOC1O[C@H](CO)[C@@H](O)[C@H](O)[C@H]1O)C2. The van der Waals surface area contributed by atoms with Gasteiger partial charge in [0.05, 0.1) is 12.6 Å². The van der Waals surface area contributed by atoms with Crippen LogP contribution in [0.25, 0.3) is 0 Å². The molecule has 0 bridgehead atoms. The summed E-state index contributed by atoms with van der Waals surface area (Å²) < 4.78 is 16.3. The second-order valence-corrected chi connectivity index (χ2v) is 11.5. The predicted octanol–water partition coefficient (Wildman–Crippen LogP) is 0.164. The highest BCUT2D eigenvalue weighted by Gasteiger charge is 2.58. The Morgan fingerprint density at radius 2 is 1.68 bits per heavy atom. The first kappa shape index (κ1) is 29.0. The molecule has 0 aromatic rings. The number of nitrogens with one attached hydrogen (secondary N) is 2. The summed E-state index contributed by atoms with van der Waals surface area (Å²) in [7, 11) is -0.168. The molecular formula is C24H41N2O10P. The van der Waals surface area contributed by atoms with Gasteiger partial charge >= 0.3 is 11.9 Å². The number of rotatable bonds is 9. The van der Waals surface area contributed by atoms with Crippen molar-refractivity contribution in [1.29, 1.82) is 0 Å². The molecule has 2 aliphatic carbocycles. The van der Waals surface area contributed by atoms with Crippen LogP contribution in [0, 0.1) is 11.3 Å². The second-order valence-electron chi connectivity index (χ2n) is 10.8. The third-order valence-corrected chi connectivity index (χ3v) is 8.93. The van der Waals surface area contributed by atoms with E-state index in [9.17, 15) is 30.0 Å². The third kappa shape index (κ3) is 6.80. The fourth-order valence-electron chi connectivity index (χ4n) is 5.76. The van der Waals surface area contributed by atoms with E-state index in [1.807, 2.05) is 0 Å². The zero-order chi connectivity index (χ0) is 26.4. The molecule has 6 N–H and O–H groups in total. The zero-order valence-corrected chi connectivity index (χ0v) is 22.0. The average Bonchev–Trinajstić information content (AvgIpc) is 2.87. The molecule has 4 fully saturated rings. The summed E-state index contributed by atoms with van der Waals surface area (Å²) in [4.78, 5) is 31.0. The Labute approximate surface area is 218 Å². The third-order valence-electron chi connectivity index (χ3n) is 8.15. The molecule has 2 aliphatic heterocycles. The van der Waals surface area contributed by atoms with E-state index in [4.69, 9.17) is 18.8 Å². The normalized spacial score (nSPS) is 41.5. The van der Waals surface area contributed by atoms with Crippen LogP contribution in [0.15, 0.2) is 0 Å². The molecule has 0 radical (unpaired) electrons. The molecule has 37 heavy (non-hydrogen) atoms. The van der Waals surface area contributed by atoms with Crippen LogP contribution in [-0.2, 0) is 28.4 Å². The predicted molar refractivity (Wildman–Crippen MR) is 131 cm³/mol. The lowest BCUT2D eigenvalue weighted by atomic mass is 9.60. The second kappa shape index (κ2) is 13.4.